The Kier molecular flexibility index (Phi) is 7.89. The first-order valence-electron chi connectivity index (χ1n) is 4.24. The Hall–Kier alpha value is -1.72. The number of hydrogen-bond donors (Lipinski definition) is 0. The molecule has 2 heterocycles. The van der Waals surface area contributed by atoms with Crippen LogP contribution in [0.4, 0.5) is 0 Å². The Bertz CT molecular complexity index is 318. The van der Waals surface area contributed by atoms with E-state index in [0.717, 1.165) is 11.4 Å². The van der Waals surface area contributed by atoms with Crippen molar-refractivity contribution in [3.63, 3.8) is 0 Å². The molecule has 0 aliphatic carbocycles. The second kappa shape index (κ2) is 7.56. The van der Waals surface area contributed by atoms with Crippen molar-refractivity contribution < 1.29 is 0 Å². The monoisotopic (exact) mass is 226 g/mol. The third kappa shape index (κ3) is 5.90. The highest BCUT2D eigenvalue weighted by Crippen LogP contribution is 1.83. The van der Waals surface area contributed by atoms with Crippen LogP contribution >= 0.6 is 0 Å². The predicted molar refractivity (Wildman–Crippen MR) is 64.9 cm³/mol. The van der Waals surface area contributed by atoms with Gasteiger partial charge in [0.1, 0.15) is 0 Å². The van der Waals surface area contributed by atoms with Crippen molar-refractivity contribution in [2.45, 2.75) is 28.7 Å². The summed E-state index contributed by atoms with van der Waals surface area (Å²) in [4.78, 5) is 0. The molecule has 6 heteroatoms. The van der Waals surface area contributed by atoms with E-state index in [1.807, 2.05) is 40.3 Å². The molecule has 0 aromatic carbocycles. The quantitative estimate of drug-likeness (QED) is 0.683. The van der Waals surface area contributed by atoms with Crippen molar-refractivity contribution in [3.8, 4) is 0 Å². The standard InChI is InChI=1S/2C4H7N3.2CH4/c2*1-4-3-7(2)6-5-4;;/h2*3H,1-2H3;2*1H4. The molecule has 2 aromatic rings. The van der Waals surface area contributed by atoms with Gasteiger partial charge in [-0.05, 0) is 13.8 Å². The van der Waals surface area contributed by atoms with E-state index in [0.29, 0.717) is 0 Å². The van der Waals surface area contributed by atoms with Gasteiger partial charge in [-0.2, -0.15) is 0 Å². The topological polar surface area (TPSA) is 61.4 Å². The highest BCUT2D eigenvalue weighted by molar-refractivity contribution is 4.85. The molecule has 16 heavy (non-hydrogen) atoms. The summed E-state index contributed by atoms with van der Waals surface area (Å²) in [5.74, 6) is 0. The lowest BCUT2D eigenvalue weighted by Crippen LogP contribution is -1.85. The van der Waals surface area contributed by atoms with Gasteiger partial charge in [-0.15, -0.1) is 10.2 Å². The zero-order chi connectivity index (χ0) is 10.6. The van der Waals surface area contributed by atoms with Gasteiger partial charge in [-0.3, -0.25) is 9.36 Å². The molecule has 2 rings (SSSR count). The first-order valence-corrected chi connectivity index (χ1v) is 4.24. The van der Waals surface area contributed by atoms with Gasteiger partial charge in [0.2, 0.25) is 0 Å². The lowest BCUT2D eigenvalue weighted by molar-refractivity contribution is 0.714. The highest BCUT2D eigenvalue weighted by atomic mass is 15.4. The van der Waals surface area contributed by atoms with Crippen molar-refractivity contribution in [3.05, 3.63) is 23.8 Å². The Morgan fingerprint density at radius 3 is 1.19 bits per heavy atom. The van der Waals surface area contributed by atoms with Crippen molar-refractivity contribution >= 4 is 0 Å². The van der Waals surface area contributed by atoms with E-state index in [2.05, 4.69) is 20.6 Å². The van der Waals surface area contributed by atoms with Crippen LogP contribution < -0.4 is 0 Å². The number of rotatable bonds is 0. The van der Waals surface area contributed by atoms with Gasteiger partial charge in [-0.25, -0.2) is 0 Å². The van der Waals surface area contributed by atoms with E-state index in [9.17, 15) is 0 Å². The summed E-state index contributed by atoms with van der Waals surface area (Å²) in [7, 11) is 3.69. The Morgan fingerprint density at radius 2 is 1.12 bits per heavy atom. The maximum atomic E-state index is 3.73. The van der Waals surface area contributed by atoms with Gasteiger partial charge >= 0.3 is 0 Å². The minimum atomic E-state index is 0. The molecule has 0 amide bonds. The summed E-state index contributed by atoms with van der Waals surface area (Å²) in [5.41, 5.74) is 1.92. The second-order valence-electron chi connectivity index (χ2n) is 3.07. The first kappa shape index (κ1) is 16.7. The van der Waals surface area contributed by atoms with Crippen LogP contribution in [0.3, 0.4) is 0 Å². The number of nitrogens with zero attached hydrogens (tertiary/aromatic N) is 6. The summed E-state index contributed by atoms with van der Waals surface area (Å²) in [6, 6.07) is 0. The van der Waals surface area contributed by atoms with E-state index < -0.39 is 0 Å². The fraction of sp³-hybridized carbons (Fsp3) is 0.600. The van der Waals surface area contributed by atoms with Crippen LogP contribution in [0.1, 0.15) is 26.2 Å². The minimum Gasteiger partial charge on any atom is -0.255 e. The minimum absolute atomic E-state index is 0. The van der Waals surface area contributed by atoms with Crippen LogP contribution in [0.15, 0.2) is 12.4 Å². The molecule has 0 bridgehead atoms. The fourth-order valence-electron chi connectivity index (χ4n) is 0.926. The molecule has 0 atom stereocenters. The zero-order valence-corrected chi connectivity index (χ0v) is 8.84. The van der Waals surface area contributed by atoms with E-state index in [1.165, 1.54) is 0 Å². The molecule has 0 saturated carbocycles. The smallest absolute Gasteiger partial charge is 0.0796 e. The van der Waals surface area contributed by atoms with Crippen molar-refractivity contribution in [2.75, 3.05) is 0 Å². The molecule has 0 unspecified atom stereocenters. The van der Waals surface area contributed by atoms with E-state index in [4.69, 9.17) is 0 Å². The molecule has 0 aliphatic rings. The largest absolute Gasteiger partial charge is 0.255 e. The molecular formula is C10H22N6. The molecule has 0 fully saturated rings. The lowest BCUT2D eigenvalue weighted by Gasteiger charge is -1.75. The average molecular weight is 226 g/mol. The molecule has 0 saturated heterocycles. The summed E-state index contributed by atoms with van der Waals surface area (Å²) in [6.07, 6.45) is 3.72. The predicted octanol–water partition coefficient (Wildman–Crippen LogP) is 1.52. The van der Waals surface area contributed by atoms with Crippen molar-refractivity contribution in [1.29, 1.82) is 0 Å². The lowest BCUT2D eigenvalue weighted by atomic mass is 10.6. The Morgan fingerprint density at radius 1 is 0.812 bits per heavy atom. The maximum Gasteiger partial charge on any atom is 0.0796 e. The van der Waals surface area contributed by atoms with E-state index >= 15 is 0 Å². The Labute approximate surface area is 97.3 Å². The molecule has 0 N–H and O–H groups in total. The zero-order valence-electron chi connectivity index (χ0n) is 8.84. The van der Waals surface area contributed by atoms with Gasteiger partial charge in [0, 0.05) is 26.5 Å². The molecule has 0 spiro atoms. The van der Waals surface area contributed by atoms with Crippen LogP contribution in [0.2, 0.25) is 0 Å². The number of hydrogen-bond acceptors (Lipinski definition) is 4. The molecule has 0 radical (unpaired) electrons. The van der Waals surface area contributed by atoms with Crippen LogP contribution in [0.25, 0.3) is 0 Å². The number of aryl methyl sites for hydroxylation is 4. The highest BCUT2D eigenvalue weighted by Gasteiger charge is 1.84. The average Bonchev–Trinajstić information content (AvgIpc) is 2.63. The molecule has 0 aliphatic heterocycles. The summed E-state index contributed by atoms with van der Waals surface area (Å²) >= 11 is 0. The normalized spacial score (nSPS) is 8.25. The van der Waals surface area contributed by atoms with Gasteiger partial charge in [0.05, 0.1) is 11.4 Å². The number of aromatic nitrogens is 6. The maximum absolute atomic E-state index is 3.73. The molecule has 6 nitrogen and oxygen atoms in total. The van der Waals surface area contributed by atoms with Gasteiger partial charge in [0.15, 0.2) is 0 Å². The van der Waals surface area contributed by atoms with Crippen LogP contribution in [-0.4, -0.2) is 30.0 Å². The third-order valence-electron chi connectivity index (χ3n) is 1.43. The fourth-order valence-corrected chi connectivity index (χ4v) is 0.926. The SMILES string of the molecule is C.C.Cc1cn(C)nn1.Cc1cn(C)nn1. The van der Waals surface area contributed by atoms with Crippen LogP contribution in [0, 0.1) is 13.8 Å². The second-order valence-corrected chi connectivity index (χ2v) is 3.07. The molecular weight excluding hydrogens is 204 g/mol. The van der Waals surface area contributed by atoms with Crippen molar-refractivity contribution in [2.24, 2.45) is 14.1 Å². The molecule has 92 valence electrons. The van der Waals surface area contributed by atoms with Gasteiger partial charge < -0.3 is 0 Å². The Balaban J connectivity index is 0. The van der Waals surface area contributed by atoms with E-state index in [-0.39, 0.29) is 14.9 Å². The summed E-state index contributed by atoms with van der Waals surface area (Å²) in [6.45, 7) is 3.82. The summed E-state index contributed by atoms with van der Waals surface area (Å²) in [5, 5.41) is 14.8. The van der Waals surface area contributed by atoms with Crippen LogP contribution in [-0.2, 0) is 14.1 Å². The van der Waals surface area contributed by atoms with Crippen LogP contribution in [0.5, 0.6) is 0 Å². The van der Waals surface area contributed by atoms with E-state index in [1.54, 1.807) is 9.36 Å². The third-order valence-corrected chi connectivity index (χ3v) is 1.43. The van der Waals surface area contributed by atoms with Gasteiger partial charge in [0.25, 0.3) is 0 Å². The molecule has 2 aromatic heterocycles. The van der Waals surface area contributed by atoms with Gasteiger partial charge in [-0.1, -0.05) is 25.3 Å². The first-order chi connectivity index (χ1) is 6.58. The summed E-state index contributed by atoms with van der Waals surface area (Å²) < 4.78 is 3.35. The van der Waals surface area contributed by atoms with Crippen molar-refractivity contribution in [1.82, 2.24) is 30.0 Å².